The predicted molar refractivity (Wildman–Crippen MR) is 148 cm³/mol. The van der Waals surface area contributed by atoms with Gasteiger partial charge in [0, 0.05) is 58.1 Å². The summed E-state index contributed by atoms with van der Waals surface area (Å²) in [5, 5.41) is 8.21. The first-order valence-electron chi connectivity index (χ1n) is 14.3. The molecule has 1 N–H and O–H groups in total. The SMILES string of the molecule is Cn1nc(C2CCC(=O)NC2=O)c2cccc(CN3CCC(CN4CCN(C(=O)OC(C)(C)C)CC4)CC3)c21. The van der Waals surface area contributed by atoms with Crippen LogP contribution in [0.2, 0.25) is 0 Å². The summed E-state index contributed by atoms with van der Waals surface area (Å²) in [6.45, 7) is 13.0. The summed E-state index contributed by atoms with van der Waals surface area (Å²) >= 11 is 0. The number of nitrogens with one attached hydrogen (secondary N) is 1. The number of nitrogens with zero attached hydrogens (tertiary/aromatic N) is 5. The number of hydrogen-bond acceptors (Lipinski definition) is 7. The van der Waals surface area contributed by atoms with E-state index in [1.807, 2.05) is 43.5 Å². The van der Waals surface area contributed by atoms with Gasteiger partial charge < -0.3 is 9.64 Å². The number of fused-ring (bicyclic) bond motifs is 1. The summed E-state index contributed by atoms with van der Waals surface area (Å²) in [4.78, 5) is 43.3. The topological polar surface area (TPSA) is 100 Å². The van der Waals surface area contributed by atoms with Gasteiger partial charge in [-0.3, -0.25) is 29.4 Å². The molecule has 1 aromatic carbocycles. The Labute approximate surface area is 230 Å². The van der Waals surface area contributed by atoms with Gasteiger partial charge in [-0.15, -0.1) is 0 Å². The number of rotatable bonds is 5. The van der Waals surface area contributed by atoms with Crippen LogP contribution >= 0.6 is 0 Å². The molecule has 3 aliphatic rings. The highest BCUT2D eigenvalue weighted by atomic mass is 16.6. The molecule has 3 fully saturated rings. The molecule has 0 aliphatic carbocycles. The molecule has 3 amide bonds. The third-order valence-corrected chi connectivity index (χ3v) is 8.19. The maximum absolute atomic E-state index is 12.5. The quantitative estimate of drug-likeness (QED) is 0.585. The number of imide groups is 1. The van der Waals surface area contributed by atoms with Crippen LogP contribution in [0.3, 0.4) is 0 Å². The summed E-state index contributed by atoms with van der Waals surface area (Å²) in [6.07, 6.45) is 2.97. The highest BCUT2D eigenvalue weighted by Gasteiger charge is 2.32. The number of para-hydroxylation sites is 1. The van der Waals surface area contributed by atoms with E-state index in [0.717, 1.165) is 81.8 Å². The summed E-state index contributed by atoms with van der Waals surface area (Å²) in [5.74, 6) is -0.169. The van der Waals surface area contributed by atoms with Crippen LogP contribution in [0, 0.1) is 5.92 Å². The lowest BCUT2D eigenvalue weighted by Gasteiger charge is -2.39. The average molecular weight is 539 g/mol. The molecule has 212 valence electrons. The van der Waals surface area contributed by atoms with E-state index in [1.165, 1.54) is 5.56 Å². The molecular formula is C29H42N6O4. The second kappa shape index (κ2) is 11.3. The highest BCUT2D eigenvalue weighted by Crippen LogP contribution is 2.32. The first kappa shape index (κ1) is 27.6. The first-order chi connectivity index (χ1) is 18.6. The van der Waals surface area contributed by atoms with Gasteiger partial charge in [0.1, 0.15) is 5.60 Å². The zero-order chi connectivity index (χ0) is 27.7. The summed E-state index contributed by atoms with van der Waals surface area (Å²) in [5.41, 5.74) is 2.60. The standard InChI is InChI=1S/C29H42N6O4/c1-29(2,3)39-28(38)35-16-14-34(15-17-35)18-20-10-12-33(13-11-20)19-21-6-5-7-22-25(31-32(4)26(21)22)23-8-9-24(36)30-27(23)37/h5-7,20,23H,8-19H2,1-4H3,(H,30,36,37). The van der Waals surface area contributed by atoms with E-state index in [4.69, 9.17) is 9.84 Å². The van der Waals surface area contributed by atoms with Gasteiger partial charge >= 0.3 is 6.09 Å². The van der Waals surface area contributed by atoms with E-state index < -0.39 is 5.60 Å². The van der Waals surface area contributed by atoms with Crippen molar-refractivity contribution in [1.82, 2.24) is 29.8 Å². The number of carbonyl (C=O) groups excluding carboxylic acids is 3. The molecule has 1 atom stereocenters. The third kappa shape index (κ3) is 6.44. The summed E-state index contributed by atoms with van der Waals surface area (Å²) in [6, 6.07) is 6.26. The van der Waals surface area contributed by atoms with Crippen molar-refractivity contribution in [3.8, 4) is 0 Å². The summed E-state index contributed by atoms with van der Waals surface area (Å²) < 4.78 is 7.42. The van der Waals surface area contributed by atoms with Crippen LogP contribution < -0.4 is 5.32 Å². The molecule has 10 nitrogen and oxygen atoms in total. The van der Waals surface area contributed by atoms with Crippen molar-refractivity contribution >= 4 is 28.8 Å². The van der Waals surface area contributed by atoms with E-state index in [2.05, 4.69) is 27.2 Å². The molecular weight excluding hydrogens is 496 g/mol. The molecule has 1 aromatic heterocycles. The van der Waals surface area contributed by atoms with Gasteiger partial charge in [-0.05, 0) is 64.6 Å². The lowest BCUT2D eigenvalue weighted by molar-refractivity contribution is -0.134. The molecule has 0 saturated carbocycles. The molecule has 0 spiro atoms. The van der Waals surface area contributed by atoms with Gasteiger partial charge in [-0.1, -0.05) is 18.2 Å². The maximum atomic E-state index is 12.5. The number of likely N-dealkylation sites (tertiary alicyclic amines) is 1. The molecule has 0 bridgehead atoms. The number of hydrogen-bond donors (Lipinski definition) is 1. The number of piperazine rings is 1. The molecule has 1 unspecified atom stereocenters. The Morgan fingerprint density at radius 2 is 1.74 bits per heavy atom. The van der Waals surface area contributed by atoms with Crippen LogP contribution in [0.15, 0.2) is 18.2 Å². The number of aryl methyl sites for hydroxylation is 1. The van der Waals surface area contributed by atoms with E-state index in [9.17, 15) is 14.4 Å². The monoisotopic (exact) mass is 538 g/mol. The third-order valence-electron chi connectivity index (χ3n) is 8.19. The molecule has 39 heavy (non-hydrogen) atoms. The van der Waals surface area contributed by atoms with Crippen LogP contribution in [-0.2, 0) is 27.9 Å². The summed E-state index contributed by atoms with van der Waals surface area (Å²) in [7, 11) is 1.94. The largest absolute Gasteiger partial charge is 0.444 e. The Hall–Kier alpha value is -2.98. The van der Waals surface area contributed by atoms with Gasteiger partial charge in [0.2, 0.25) is 11.8 Å². The maximum Gasteiger partial charge on any atom is 0.410 e. The average Bonchev–Trinajstić information content (AvgIpc) is 3.21. The van der Waals surface area contributed by atoms with E-state index in [1.54, 1.807) is 0 Å². The Bertz CT molecular complexity index is 1220. The fourth-order valence-corrected chi connectivity index (χ4v) is 6.16. The van der Waals surface area contributed by atoms with Crippen LogP contribution in [0.1, 0.15) is 63.6 Å². The Kier molecular flexibility index (Phi) is 7.96. The van der Waals surface area contributed by atoms with Crippen molar-refractivity contribution < 1.29 is 19.1 Å². The molecule has 2 aromatic rings. The first-order valence-corrected chi connectivity index (χ1v) is 14.3. The smallest absolute Gasteiger partial charge is 0.410 e. The second-order valence-electron chi connectivity index (χ2n) is 12.3. The lowest BCUT2D eigenvalue weighted by atomic mass is 9.92. The van der Waals surface area contributed by atoms with Crippen molar-refractivity contribution in [2.45, 2.75) is 64.5 Å². The molecule has 10 heteroatoms. The van der Waals surface area contributed by atoms with Crippen LogP contribution in [0.25, 0.3) is 10.9 Å². The predicted octanol–water partition coefficient (Wildman–Crippen LogP) is 2.86. The highest BCUT2D eigenvalue weighted by molar-refractivity contribution is 6.02. The minimum atomic E-state index is -0.458. The lowest BCUT2D eigenvalue weighted by Crippen LogP contribution is -2.51. The number of aromatic nitrogens is 2. The van der Waals surface area contributed by atoms with Crippen molar-refractivity contribution in [2.24, 2.45) is 13.0 Å². The van der Waals surface area contributed by atoms with Crippen molar-refractivity contribution in [3.05, 3.63) is 29.5 Å². The van der Waals surface area contributed by atoms with Gasteiger partial charge in [0.25, 0.3) is 0 Å². The number of carbonyl (C=O) groups is 3. The van der Waals surface area contributed by atoms with Gasteiger partial charge in [0.15, 0.2) is 0 Å². The molecule has 3 saturated heterocycles. The second-order valence-corrected chi connectivity index (χ2v) is 12.3. The van der Waals surface area contributed by atoms with Crippen molar-refractivity contribution in [3.63, 3.8) is 0 Å². The van der Waals surface area contributed by atoms with Crippen LogP contribution in [0.5, 0.6) is 0 Å². The minimum absolute atomic E-state index is 0.205. The van der Waals surface area contributed by atoms with Crippen LogP contribution in [-0.4, -0.2) is 93.8 Å². The number of piperidine rings is 2. The Morgan fingerprint density at radius 3 is 2.41 bits per heavy atom. The molecule has 5 rings (SSSR count). The fraction of sp³-hybridized carbons (Fsp3) is 0.655. The number of benzene rings is 1. The Morgan fingerprint density at radius 1 is 1.03 bits per heavy atom. The minimum Gasteiger partial charge on any atom is -0.444 e. The van der Waals surface area contributed by atoms with Gasteiger partial charge in [-0.25, -0.2) is 4.79 Å². The number of ether oxygens (including phenoxy) is 1. The van der Waals surface area contributed by atoms with E-state index in [-0.39, 0.29) is 23.8 Å². The van der Waals surface area contributed by atoms with Gasteiger partial charge in [0.05, 0.1) is 17.1 Å². The van der Waals surface area contributed by atoms with Crippen molar-refractivity contribution in [1.29, 1.82) is 0 Å². The van der Waals surface area contributed by atoms with Gasteiger partial charge in [-0.2, -0.15) is 5.10 Å². The molecule has 4 heterocycles. The van der Waals surface area contributed by atoms with E-state index in [0.29, 0.717) is 18.8 Å². The molecule has 0 radical (unpaired) electrons. The van der Waals surface area contributed by atoms with E-state index >= 15 is 0 Å². The Balaban J connectivity index is 1.14. The molecule has 3 aliphatic heterocycles. The van der Waals surface area contributed by atoms with Crippen molar-refractivity contribution in [2.75, 3.05) is 45.8 Å². The zero-order valence-electron chi connectivity index (χ0n) is 23.7. The fourth-order valence-electron chi connectivity index (χ4n) is 6.16. The zero-order valence-corrected chi connectivity index (χ0v) is 23.7. The van der Waals surface area contributed by atoms with Crippen LogP contribution in [0.4, 0.5) is 4.79 Å². The number of amides is 3. The normalized spacial score (nSPS) is 22.4.